The number of nitrogens with one attached hydrogen (secondary N) is 2. The molecule has 2 aromatic carbocycles. The zero-order chi connectivity index (χ0) is 20.8. The molecule has 3 aromatic rings. The molecule has 0 atom stereocenters. The highest BCUT2D eigenvalue weighted by molar-refractivity contribution is 5.91. The van der Waals surface area contributed by atoms with Gasteiger partial charge in [0.15, 0.2) is 0 Å². The molecule has 0 radical (unpaired) electrons. The topological polar surface area (TPSA) is 57.4 Å². The van der Waals surface area contributed by atoms with Crippen molar-refractivity contribution in [2.24, 2.45) is 0 Å². The van der Waals surface area contributed by atoms with E-state index in [9.17, 15) is 4.79 Å². The minimum absolute atomic E-state index is 0.127. The number of para-hydroxylation sites is 1. The molecule has 4 rings (SSSR count). The molecule has 1 fully saturated rings. The molecule has 5 heteroatoms. The van der Waals surface area contributed by atoms with Gasteiger partial charge in [0.2, 0.25) is 5.91 Å². The summed E-state index contributed by atoms with van der Waals surface area (Å²) in [5.41, 5.74) is 4.49. The zero-order valence-corrected chi connectivity index (χ0v) is 17.7. The number of aryl methyl sites for hydroxylation is 1. The van der Waals surface area contributed by atoms with Gasteiger partial charge in [-0.3, -0.25) is 4.79 Å². The number of hydrogen-bond acceptors (Lipinski definition) is 3. The maximum absolute atomic E-state index is 12.5. The van der Waals surface area contributed by atoms with E-state index in [1.807, 2.05) is 18.2 Å². The van der Waals surface area contributed by atoms with E-state index in [1.165, 1.54) is 36.9 Å². The van der Waals surface area contributed by atoms with Gasteiger partial charge in [-0.2, -0.15) is 0 Å². The first-order chi connectivity index (χ1) is 14.7. The second-order valence-corrected chi connectivity index (χ2v) is 8.00. The average Bonchev–Trinajstić information content (AvgIpc) is 3.43. The first-order valence-electron chi connectivity index (χ1n) is 11.0. The van der Waals surface area contributed by atoms with Crippen molar-refractivity contribution in [3.05, 3.63) is 54.1 Å². The molecule has 2 heterocycles. The van der Waals surface area contributed by atoms with Crippen molar-refractivity contribution in [3.63, 3.8) is 0 Å². The second kappa shape index (κ2) is 9.81. The number of carbonyl (C=O) groups excluding carboxylic acids is 1. The van der Waals surface area contributed by atoms with Gasteiger partial charge >= 0.3 is 0 Å². The van der Waals surface area contributed by atoms with Crippen molar-refractivity contribution in [3.8, 4) is 17.0 Å². The van der Waals surface area contributed by atoms with E-state index in [0.717, 1.165) is 42.0 Å². The molecule has 0 spiro atoms. The predicted molar refractivity (Wildman–Crippen MR) is 122 cm³/mol. The highest BCUT2D eigenvalue weighted by atomic mass is 16.5. The molecule has 1 aliphatic heterocycles. The Morgan fingerprint density at radius 1 is 1.10 bits per heavy atom. The standard InChI is InChI=1S/C25H31N3O2/c1-30-20-11-9-19(10-12-20)25-22(21-7-2-3-8-23(21)27-25)13-14-24(29)26-15-6-18-28-16-4-5-17-28/h2-3,7-12,27H,4-6,13-18H2,1H3,(H,26,29). The number of likely N-dealkylation sites (tertiary alicyclic amines) is 1. The molecule has 0 unspecified atom stereocenters. The Labute approximate surface area is 178 Å². The SMILES string of the molecule is COc1ccc(-c2[nH]c3ccccc3c2CCC(=O)NCCCN2CCCC2)cc1. The van der Waals surface area contributed by atoms with E-state index in [1.54, 1.807) is 7.11 Å². The molecular weight excluding hydrogens is 374 g/mol. The molecule has 1 aromatic heterocycles. The van der Waals surface area contributed by atoms with Crippen LogP contribution in [0.2, 0.25) is 0 Å². The Hall–Kier alpha value is -2.79. The first kappa shape index (κ1) is 20.5. The average molecular weight is 406 g/mol. The van der Waals surface area contributed by atoms with Gasteiger partial charge in [0.25, 0.3) is 0 Å². The maximum Gasteiger partial charge on any atom is 0.220 e. The normalized spacial score (nSPS) is 14.3. The van der Waals surface area contributed by atoms with Crippen LogP contribution in [0.1, 0.15) is 31.2 Å². The van der Waals surface area contributed by atoms with Crippen LogP contribution < -0.4 is 10.1 Å². The van der Waals surface area contributed by atoms with E-state index in [0.29, 0.717) is 12.8 Å². The number of hydrogen-bond donors (Lipinski definition) is 2. The summed E-state index contributed by atoms with van der Waals surface area (Å²) >= 11 is 0. The quantitative estimate of drug-likeness (QED) is 0.520. The monoisotopic (exact) mass is 405 g/mol. The number of ether oxygens (including phenoxy) is 1. The lowest BCUT2D eigenvalue weighted by atomic mass is 10.0. The minimum Gasteiger partial charge on any atom is -0.497 e. The molecule has 1 saturated heterocycles. The highest BCUT2D eigenvalue weighted by Gasteiger charge is 2.15. The number of nitrogens with zero attached hydrogens (tertiary/aromatic N) is 1. The summed E-state index contributed by atoms with van der Waals surface area (Å²) in [5, 5.41) is 4.28. The number of carbonyl (C=O) groups is 1. The van der Waals surface area contributed by atoms with E-state index < -0.39 is 0 Å². The molecular formula is C25H31N3O2. The van der Waals surface area contributed by atoms with E-state index in [2.05, 4.69) is 45.5 Å². The van der Waals surface area contributed by atoms with E-state index in [-0.39, 0.29) is 5.91 Å². The summed E-state index contributed by atoms with van der Waals surface area (Å²) in [7, 11) is 1.67. The van der Waals surface area contributed by atoms with Crippen LogP contribution in [0.4, 0.5) is 0 Å². The van der Waals surface area contributed by atoms with Crippen molar-refractivity contribution >= 4 is 16.8 Å². The number of fused-ring (bicyclic) bond motifs is 1. The molecule has 0 bridgehead atoms. The third kappa shape index (κ3) is 4.85. The fraction of sp³-hybridized carbons (Fsp3) is 0.400. The Morgan fingerprint density at radius 2 is 1.87 bits per heavy atom. The zero-order valence-electron chi connectivity index (χ0n) is 17.7. The van der Waals surface area contributed by atoms with Crippen molar-refractivity contribution in [2.75, 3.05) is 33.3 Å². The summed E-state index contributed by atoms with van der Waals surface area (Å²) in [4.78, 5) is 18.5. The largest absolute Gasteiger partial charge is 0.497 e. The Kier molecular flexibility index (Phi) is 6.70. The maximum atomic E-state index is 12.5. The van der Waals surface area contributed by atoms with Crippen LogP contribution in [0.25, 0.3) is 22.2 Å². The van der Waals surface area contributed by atoms with Gasteiger partial charge in [0.05, 0.1) is 7.11 Å². The summed E-state index contributed by atoms with van der Waals surface area (Å²) in [6.45, 7) is 4.27. The van der Waals surface area contributed by atoms with Crippen LogP contribution in [0.3, 0.4) is 0 Å². The van der Waals surface area contributed by atoms with Crippen molar-refractivity contribution in [2.45, 2.75) is 32.1 Å². The van der Waals surface area contributed by atoms with Crippen LogP contribution in [-0.2, 0) is 11.2 Å². The molecule has 1 aliphatic rings. The summed E-state index contributed by atoms with van der Waals surface area (Å²) in [6.07, 6.45) is 4.86. The lowest BCUT2D eigenvalue weighted by molar-refractivity contribution is -0.121. The number of aromatic nitrogens is 1. The fourth-order valence-electron chi connectivity index (χ4n) is 4.33. The molecule has 1 amide bonds. The molecule has 158 valence electrons. The molecule has 2 N–H and O–H groups in total. The van der Waals surface area contributed by atoms with Gasteiger partial charge < -0.3 is 19.9 Å². The van der Waals surface area contributed by atoms with E-state index in [4.69, 9.17) is 4.74 Å². The third-order valence-corrected chi connectivity index (χ3v) is 5.97. The predicted octanol–water partition coefficient (Wildman–Crippen LogP) is 4.38. The van der Waals surface area contributed by atoms with Gasteiger partial charge in [-0.1, -0.05) is 18.2 Å². The van der Waals surface area contributed by atoms with Crippen molar-refractivity contribution in [1.82, 2.24) is 15.2 Å². The molecule has 0 aliphatic carbocycles. The number of rotatable bonds is 9. The number of H-pyrrole nitrogens is 1. The van der Waals surface area contributed by atoms with Crippen molar-refractivity contribution in [1.29, 1.82) is 0 Å². The molecule has 30 heavy (non-hydrogen) atoms. The summed E-state index contributed by atoms with van der Waals surface area (Å²) < 4.78 is 5.29. The molecule has 0 saturated carbocycles. The van der Waals surface area contributed by atoms with Crippen LogP contribution in [0.15, 0.2) is 48.5 Å². The van der Waals surface area contributed by atoms with Gasteiger partial charge in [-0.05, 0) is 86.8 Å². The van der Waals surface area contributed by atoms with Gasteiger partial charge in [-0.25, -0.2) is 0 Å². The van der Waals surface area contributed by atoms with Crippen LogP contribution >= 0.6 is 0 Å². The number of aromatic amines is 1. The summed E-state index contributed by atoms with van der Waals surface area (Å²) in [5.74, 6) is 0.965. The first-order valence-corrected chi connectivity index (χ1v) is 11.0. The smallest absolute Gasteiger partial charge is 0.220 e. The third-order valence-electron chi connectivity index (χ3n) is 5.97. The van der Waals surface area contributed by atoms with Crippen LogP contribution in [-0.4, -0.2) is 49.1 Å². The Balaban J connectivity index is 1.40. The Morgan fingerprint density at radius 3 is 2.63 bits per heavy atom. The van der Waals surface area contributed by atoms with Gasteiger partial charge in [-0.15, -0.1) is 0 Å². The van der Waals surface area contributed by atoms with E-state index >= 15 is 0 Å². The highest BCUT2D eigenvalue weighted by Crippen LogP contribution is 2.32. The minimum atomic E-state index is 0.127. The van der Waals surface area contributed by atoms with Gasteiger partial charge in [0, 0.05) is 29.6 Å². The Bertz CT molecular complexity index is 972. The van der Waals surface area contributed by atoms with Crippen molar-refractivity contribution < 1.29 is 9.53 Å². The lowest BCUT2D eigenvalue weighted by Gasteiger charge is -2.14. The fourth-order valence-corrected chi connectivity index (χ4v) is 4.33. The van der Waals surface area contributed by atoms with Gasteiger partial charge in [0.1, 0.15) is 5.75 Å². The van der Waals surface area contributed by atoms with Crippen LogP contribution in [0, 0.1) is 0 Å². The number of benzene rings is 2. The van der Waals surface area contributed by atoms with Crippen LogP contribution in [0.5, 0.6) is 5.75 Å². The number of amides is 1. The lowest BCUT2D eigenvalue weighted by Crippen LogP contribution is -2.28. The number of methoxy groups -OCH3 is 1. The molecule has 5 nitrogen and oxygen atoms in total. The summed E-state index contributed by atoms with van der Waals surface area (Å²) in [6, 6.07) is 16.4. The second-order valence-electron chi connectivity index (χ2n) is 8.00.